The Morgan fingerprint density at radius 2 is 2.05 bits per heavy atom. The zero-order valence-corrected chi connectivity index (χ0v) is 11.1. The third-order valence-corrected chi connectivity index (χ3v) is 3.92. The van der Waals surface area contributed by atoms with Crippen LogP contribution in [0.1, 0.15) is 31.2 Å². The molecule has 100 valence electrons. The van der Waals surface area contributed by atoms with E-state index >= 15 is 0 Å². The number of hydrogen-bond acceptors (Lipinski definition) is 4. The van der Waals surface area contributed by atoms with Crippen LogP contribution in [0.2, 0.25) is 0 Å². The molecule has 1 aliphatic carbocycles. The highest BCUT2D eigenvalue weighted by molar-refractivity contribution is 5.91. The number of benzene rings is 1. The summed E-state index contributed by atoms with van der Waals surface area (Å²) in [5, 5.41) is 14.5. The van der Waals surface area contributed by atoms with E-state index in [0.29, 0.717) is 0 Å². The number of aliphatic hydroxyl groups excluding tert-OH is 1. The van der Waals surface area contributed by atoms with Crippen LogP contribution in [-0.4, -0.2) is 27.2 Å². The van der Waals surface area contributed by atoms with Gasteiger partial charge in [-0.1, -0.05) is 25.0 Å². The molecule has 0 unspecified atom stereocenters. The highest BCUT2D eigenvalue weighted by Crippen LogP contribution is 2.27. The second kappa shape index (κ2) is 5.13. The second-order valence-corrected chi connectivity index (χ2v) is 5.29. The van der Waals surface area contributed by atoms with E-state index in [1.165, 1.54) is 0 Å². The van der Waals surface area contributed by atoms with E-state index in [0.717, 1.165) is 48.0 Å². The van der Waals surface area contributed by atoms with Crippen molar-refractivity contribution in [1.82, 2.24) is 9.97 Å². The largest absolute Gasteiger partial charge is 0.391 e. The normalized spacial score (nSPS) is 23.5. The van der Waals surface area contributed by atoms with Gasteiger partial charge in [0, 0.05) is 5.39 Å². The number of rotatable bonds is 2. The Kier molecular flexibility index (Phi) is 3.34. The summed E-state index contributed by atoms with van der Waals surface area (Å²) in [6.45, 7) is 2.06. The molecular formula is C15H19N3O. The van der Waals surface area contributed by atoms with Gasteiger partial charge in [-0.15, -0.1) is 0 Å². The van der Waals surface area contributed by atoms with Crippen LogP contribution in [0.4, 0.5) is 5.82 Å². The predicted molar refractivity (Wildman–Crippen MR) is 76.2 cm³/mol. The molecule has 1 heterocycles. The van der Waals surface area contributed by atoms with Crippen LogP contribution < -0.4 is 5.32 Å². The minimum atomic E-state index is -0.275. The minimum Gasteiger partial charge on any atom is -0.391 e. The van der Waals surface area contributed by atoms with E-state index in [9.17, 15) is 5.11 Å². The van der Waals surface area contributed by atoms with Crippen molar-refractivity contribution in [3.05, 3.63) is 30.1 Å². The first-order valence-corrected chi connectivity index (χ1v) is 6.90. The lowest BCUT2D eigenvalue weighted by atomic mass is 9.92. The monoisotopic (exact) mass is 257 g/mol. The third kappa shape index (κ3) is 2.40. The number of fused-ring (bicyclic) bond motifs is 1. The average Bonchev–Trinajstić information content (AvgIpc) is 2.42. The van der Waals surface area contributed by atoms with Gasteiger partial charge in [0.2, 0.25) is 0 Å². The van der Waals surface area contributed by atoms with Crippen molar-refractivity contribution in [3.8, 4) is 0 Å². The number of hydrogen-bond donors (Lipinski definition) is 2. The van der Waals surface area contributed by atoms with Gasteiger partial charge in [-0.25, -0.2) is 9.97 Å². The molecule has 3 rings (SSSR count). The van der Waals surface area contributed by atoms with Crippen molar-refractivity contribution in [1.29, 1.82) is 0 Å². The Morgan fingerprint density at radius 3 is 2.89 bits per heavy atom. The van der Waals surface area contributed by atoms with Gasteiger partial charge in [0.25, 0.3) is 0 Å². The molecule has 0 spiro atoms. The summed E-state index contributed by atoms with van der Waals surface area (Å²) in [4.78, 5) is 8.66. The van der Waals surface area contributed by atoms with E-state index in [1.807, 2.05) is 12.1 Å². The zero-order chi connectivity index (χ0) is 13.2. The predicted octanol–water partition coefficient (Wildman–Crippen LogP) is 2.65. The van der Waals surface area contributed by atoms with Crippen LogP contribution in [0.15, 0.2) is 24.5 Å². The van der Waals surface area contributed by atoms with Gasteiger partial charge in [0.05, 0.1) is 17.7 Å². The molecule has 4 heteroatoms. The maximum absolute atomic E-state index is 10.1. The van der Waals surface area contributed by atoms with E-state index in [4.69, 9.17) is 0 Å². The lowest BCUT2D eigenvalue weighted by molar-refractivity contribution is 0.116. The van der Waals surface area contributed by atoms with Crippen molar-refractivity contribution in [3.63, 3.8) is 0 Å². The van der Waals surface area contributed by atoms with Crippen molar-refractivity contribution in [2.75, 3.05) is 5.32 Å². The Bertz CT molecular complexity index is 579. The van der Waals surface area contributed by atoms with E-state index in [-0.39, 0.29) is 12.1 Å². The maximum atomic E-state index is 10.1. The number of aliphatic hydroxyl groups is 1. The standard InChI is InChI=1S/C15H19N3O/c1-10-5-4-7-12-14(10)15(17-9-16-12)18-11-6-2-3-8-13(11)19/h4-5,7,9,11,13,19H,2-3,6,8H2,1H3,(H,16,17,18)/t11-,13-/m0/s1. The molecule has 19 heavy (non-hydrogen) atoms. The molecule has 0 aliphatic heterocycles. The van der Waals surface area contributed by atoms with E-state index in [1.54, 1.807) is 6.33 Å². The number of aryl methyl sites for hydroxylation is 1. The quantitative estimate of drug-likeness (QED) is 0.868. The number of aromatic nitrogens is 2. The molecule has 0 saturated heterocycles. The molecule has 0 amide bonds. The number of nitrogens with zero attached hydrogens (tertiary/aromatic N) is 2. The summed E-state index contributed by atoms with van der Waals surface area (Å²) in [6.07, 6.45) is 5.46. The number of nitrogens with one attached hydrogen (secondary N) is 1. The molecule has 1 aromatic heterocycles. The van der Waals surface area contributed by atoms with Gasteiger partial charge < -0.3 is 10.4 Å². The first-order chi connectivity index (χ1) is 9.25. The molecule has 1 fully saturated rings. The first-order valence-electron chi connectivity index (χ1n) is 6.90. The average molecular weight is 257 g/mol. The summed E-state index contributed by atoms with van der Waals surface area (Å²) >= 11 is 0. The van der Waals surface area contributed by atoms with Crippen LogP contribution in [0, 0.1) is 6.92 Å². The highest BCUT2D eigenvalue weighted by atomic mass is 16.3. The first kappa shape index (κ1) is 12.4. The van der Waals surface area contributed by atoms with Crippen LogP contribution in [0.5, 0.6) is 0 Å². The molecule has 1 saturated carbocycles. The minimum absolute atomic E-state index is 0.103. The van der Waals surface area contributed by atoms with Crippen LogP contribution in [0.3, 0.4) is 0 Å². The number of anilines is 1. The Labute approximate surface area is 112 Å². The molecule has 2 aromatic rings. The fourth-order valence-electron chi connectivity index (χ4n) is 2.85. The van der Waals surface area contributed by atoms with Gasteiger partial charge in [-0.2, -0.15) is 0 Å². The summed E-state index contributed by atoms with van der Waals surface area (Å²) < 4.78 is 0. The SMILES string of the molecule is Cc1cccc2ncnc(N[C@H]3CCCC[C@@H]3O)c12. The smallest absolute Gasteiger partial charge is 0.137 e. The van der Waals surface area contributed by atoms with Crippen LogP contribution in [-0.2, 0) is 0 Å². The molecular weight excluding hydrogens is 238 g/mol. The molecule has 2 atom stereocenters. The molecule has 0 bridgehead atoms. The van der Waals surface area contributed by atoms with Crippen LogP contribution >= 0.6 is 0 Å². The van der Waals surface area contributed by atoms with Crippen molar-refractivity contribution < 1.29 is 5.11 Å². The topological polar surface area (TPSA) is 58.0 Å². The lowest BCUT2D eigenvalue weighted by Gasteiger charge is -2.29. The van der Waals surface area contributed by atoms with Gasteiger partial charge in [-0.05, 0) is 31.4 Å². The second-order valence-electron chi connectivity index (χ2n) is 5.29. The third-order valence-electron chi connectivity index (χ3n) is 3.92. The van der Waals surface area contributed by atoms with E-state index in [2.05, 4.69) is 28.3 Å². The van der Waals surface area contributed by atoms with Crippen molar-refractivity contribution in [2.45, 2.75) is 44.8 Å². The molecule has 0 radical (unpaired) electrons. The molecule has 1 aliphatic rings. The molecule has 4 nitrogen and oxygen atoms in total. The van der Waals surface area contributed by atoms with Gasteiger partial charge >= 0.3 is 0 Å². The summed E-state index contributed by atoms with van der Waals surface area (Å²) in [5.41, 5.74) is 2.11. The molecule has 2 N–H and O–H groups in total. The van der Waals surface area contributed by atoms with E-state index < -0.39 is 0 Å². The summed E-state index contributed by atoms with van der Waals surface area (Å²) in [7, 11) is 0. The van der Waals surface area contributed by atoms with Crippen LogP contribution in [0.25, 0.3) is 10.9 Å². The fraction of sp³-hybridized carbons (Fsp3) is 0.467. The summed E-state index contributed by atoms with van der Waals surface area (Å²) in [5.74, 6) is 0.842. The van der Waals surface area contributed by atoms with Crippen molar-refractivity contribution in [2.24, 2.45) is 0 Å². The Balaban J connectivity index is 1.96. The summed E-state index contributed by atoms with van der Waals surface area (Å²) in [6, 6.07) is 6.16. The highest BCUT2D eigenvalue weighted by Gasteiger charge is 2.23. The fourth-order valence-corrected chi connectivity index (χ4v) is 2.85. The van der Waals surface area contributed by atoms with Gasteiger partial charge in [-0.3, -0.25) is 0 Å². The Hall–Kier alpha value is -1.68. The van der Waals surface area contributed by atoms with Gasteiger partial charge in [0.1, 0.15) is 12.1 Å². The Morgan fingerprint density at radius 1 is 1.21 bits per heavy atom. The molecule has 1 aromatic carbocycles. The van der Waals surface area contributed by atoms with Crippen molar-refractivity contribution >= 4 is 16.7 Å². The maximum Gasteiger partial charge on any atom is 0.137 e. The van der Waals surface area contributed by atoms with Gasteiger partial charge in [0.15, 0.2) is 0 Å². The zero-order valence-electron chi connectivity index (χ0n) is 11.1. The lowest BCUT2D eigenvalue weighted by Crippen LogP contribution is -2.36.